The third kappa shape index (κ3) is 5.52. The van der Waals surface area contributed by atoms with Crippen molar-refractivity contribution in [2.45, 2.75) is 26.2 Å². The number of morpholine rings is 1. The molecule has 1 aromatic heterocycles. The maximum atomic E-state index is 12.2. The summed E-state index contributed by atoms with van der Waals surface area (Å²) in [5, 5.41) is 6.45. The van der Waals surface area contributed by atoms with E-state index >= 15 is 0 Å². The van der Waals surface area contributed by atoms with Crippen molar-refractivity contribution in [1.82, 2.24) is 15.2 Å². The number of amides is 1. The Kier molecular flexibility index (Phi) is 6.38. The van der Waals surface area contributed by atoms with Crippen LogP contribution in [0, 0.1) is 6.92 Å². The number of hydrogen-bond acceptors (Lipinski definition) is 6. The van der Waals surface area contributed by atoms with Crippen LogP contribution < -0.4 is 5.32 Å². The number of carbonyl (C=O) groups is 1. The van der Waals surface area contributed by atoms with Crippen LogP contribution >= 0.6 is 11.3 Å². The van der Waals surface area contributed by atoms with Crippen LogP contribution in [0.25, 0.3) is 0 Å². The van der Waals surface area contributed by atoms with Gasteiger partial charge in [-0.1, -0.05) is 30.3 Å². The first kappa shape index (κ1) is 17.8. The van der Waals surface area contributed by atoms with E-state index in [0.717, 1.165) is 22.8 Å². The molecule has 3 rings (SSSR count). The molecule has 6 nitrogen and oxygen atoms in total. The molecule has 1 aromatic carbocycles. The van der Waals surface area contributed by atoms with Gasteiger partial charge in [0.05, 0.1) is 19.3 Å². The Balaban J connectivity index is 1.40. The lowest BCUT2D eigenvalue weighted by molar-refractivity contribution is -0.0271. The zero-order valence-electron chi connectivity index (χ0n) is 14.3. The summed E-state index contributed by atoms with van der Waals surface area (Å²) >= 11 is 1.65. The summed E-state index contributed by atoms with van der Waals surface area (Å²) in [6.45, 7) is 5.32. The number of rotatable bonds is 6. The van der Waals surface area contributed by atoms with E-state index in [0.29, 0.717) is 32.8 Å². The van der Waals surface area contributed by atoms with Crippen LogP contribution in [-0.4, -0.2) is 48.3 Å². The van der Waals surface area contributed by atoms with Crippen LogP contribution in [0.5, 0.6) is 0 Å². The molecular weight excluding hydrogens is 338 g/mol. The molecule has 1 amide bonds. The molecule has 1 N–H and O–H groups in total. The summed E-state index contributed by atoms with van der Waals surface area (Å²) in [5.74, 6) is 0. The van der Waals surface area contributed by atoms with Gasteiger partial charge in [0.1, 0.15) is 11.6 Å². The summed E-state index contributed by atoms with van der Waals surface area (Å²) in [6.07, 6.45) is -0.313. The highest BCUT2D eigenvalue weighted by Gasteiger charge is 2.25. The summed E-state index contributed by atoms with van der Waals surface area (Å²) in [6, 6.07) is 9.70. The monoisotopic (exact) mass is 361 g/mol. The number of nitrogens with zero attached hydrogens (tertiary/aromatic N) is 2. The van der Waals surface area contributed by atoms with E-state index in [1.807, 2.05) is 42.6 Å². The molecule has 7 heteroatoms. The first-order chi connectivity index (χ1) is 12.2. The standard InChI is InChI=1S/C18H23N3O3S/c1-14-13-25-17(20-14)10-19-9-16-11-21(7-8-23-16)18(22)24-12-15-5-3-2-4-6-15/h2-6,13,16,19H,7-12H2,1H3. The Morgan fingerprint density at radius 3 is 3.04 bits per heavy atom. The fourth-order valence-corrected chi connectivity index (χ4v) is 3.38. The summed E-state index contributed by atoms with van der Waals surface area (Å²) in [5.41, 5.74) is 2.03. The van der Waals surface area contributed by atoms with E-state index in [-0.39, 0.29) is 12.2 Å². The van der Waals surface area contributed by atoms with E-state index in [9.17, 15) is 4.79 Å². The molecule has 1 aliphatic heterocycles. The van der Waals surface area contributed by atoms with Crippen molar-refractivity contribution < 1.29 is 14.3 Å². The SMILES string of the molecule is Cc1csc(CNCC2CN(C(=O)OCc3ccccc3)CCO2)n1. The average molecular weight is 361 g/mol. The number of ether oxygens (including phenoxy) is 2. The van der Waals surface area contributed by atoms with E-state index < -0.39 is 0 Å². The number of benzene rings is 1. The third-order valence-corrected chi connectivity index (χ3v) is 4.88. The first-order valence-electron chi connectivity index (χ1n) is 8.39. The van der Waals surface area contributed by atoms with E-state index in [4.69, 9.17) is 9.47 Å². The Labute approximate surface area is 151 Å². The average Bonchev–Trinajstić information content (AvgIpc) is 3.06. The smallest absolute Gasteiger partial charge is 0.410 e. The van der Waals surface area contributed by atoms with Gasteiger partial charge in [0.2, 0.25) is 0 Å². The molecule has 0 radical (unpaired) electrons. The van der Waals surface area contributed by atoms with Gasteiger partial charge in [-0.25, -0.2) is 9.78 Å². The minimum Gasteiger partial charge on any atom is -0.445 e. The highest BCUT2D eigenvalue weighted by Crippen LogP contribution is 2.10. The Morgan fingerprint density at radius 1 is 1.44 bits per heavy atom. The van der Waals surface area contributed by atoms with Crippen molar-refractivity contribution >= 4 is 17.4 Å². The fraction of sp³-hybridized carbons (Fsp3) is 0.444. The zero-order chi connectivity index (χ0) is 17.5. The van der Waals surface area contributed by atoms with Crippen molar-refractivity contribution in [2.75, 3.05) is 26.2 Å². The molecule has 0 saturated carbocycles. The Hall–Kier alpha value is -1.96. The van der Waals surface area contributed by atoms with Gasteiger partial charge in [-0.05, 0) is 12.5 Å². The number of aryl methyl sites for hydroxylation is 1. The topological polar surface area (TPSA) is 63.7 Å². The zero-order valence-corrected chi connectivity index (χ0v) is 15.1. The largest absolute Gasteiger partial charge is 0.445 e. The van der Waals surface area contributed by atoms with E-state index in [2.05, 4.69) is 10.3 Å². The summed E-state index contributed by atoms with van der Waals surface area (Å²) < 4.78 is 11.1. The van der Waals surface area contributed by atoms with Crippen LogP contribution in [0.1, 0.15) is 16.3 Å². The second-order valence-electron chi connectivity index (χ2n) is 5.99. The van der Waals surface area contributed by atoms with Gasteiger partial charge in [-0.2, -0.15) is 0 Å². The molecule has 2 aromatic rings. The third-order valence-electron chi connectivity index (χ3n) is 3.92. The second-order valence-corrected chi connectivity index (χ2v) is 6.94. The van der Waals surface area contributed by atoms with E-state index in [1.165, 1.54) is 0 Å². The van der Waals surface area contributed by atoms with Crippen molar-refractivity contribution in [3.8, 4) is 0 Å². The minimum atomic E-state index is -0.285. The molecule has 134 valence electrons. The van der Waals surface area contributed by atoms with Gasteiger partial charge in [-0.15, -0.1) is 11.3 Å². The lowest BCUT2D eigenvalue weighted by Crippen LogP contribution is -2.49. The van der Waals surface area contributed by atoms with Gasteiger partial charge in [0, 0.05) is 30.7 Å². The fourth-order valence-electron chi connectivity index (χ4n) is 2.64. The molecule has 1 unspecified atom stereocenters. The number of carbonyl (C=O) groups excluding carboxylic acids is 1. The van der Waals surface area contributed by atoms with Crippen LogP contribution in [0.2, 0.25) is 0 Å². The Bertz CT molecular complexity index is 677. The molecule has 25 heavy (non-hydrogen) atoms. The van der Waals surface area contributed by atoms with Crippen LogP contribution in [0.15, 0.2) is 35.7 Å². The molecule has 0 bridgehead atoms. The summed E-state index contributed by atoms with van der Waals surface area (Å²) in [7, 11) is 0. The van der Waals surface area contributed by atoms with Crippen molar-refractivity contribution in [3.05, 3.63) is 52.0 Å². The minimum absolute atomic E-state index is 0.0286. The molecular formula is C18H23N3O3S. The van der Waals surface area contributed by atoms with E-state index in [1.54, 1.807) is 16.2 Å². The number of thiazole rings is 1. The van der Waals surface area contributed by atoms with Gasteiger partial charge < -0.3 is 19.7 Å². The van der Waals surface area contributed by atoms with Gasteiger partial charge in [-0.3, -0.25) is 0 Å². The van der Waals surface area contributed by atoms with Gasteiger partial charge >= 0.3 is 6.09 Å². The van der Waals surface area contributed by atoms with Gasteiger partial charge in [0.25, 0.3) is 0 Å². The highest BCUT2D eigenvalue weighted by atomic mass is 32.1. The van der Waals surface area contributed by atoms with Crippen molar-refractivity contribution in [3.63, 3.8) is 0 Å². The number of hydrogen-bond donors (Lipinski definition) is 1. The summed E-state index contributed by atoms with van der Waals surface area (Å²) in [4.78, 5) is 18.4. The number of nitrogens with one attached hydrogen (secondary N) is 1. The van der Waals surface area contributed by atoms with Crippen molar-refractivity contribution in [2.24, 2.45) is 0 Å². The lowest BCUT2D eigenvalue weighted by Gasteiger charge is -2.32. The lowest BCUT2D eigenvalue weighted by atomic mass is 10.2. The maximum Gasteiger partial charge on any atom is 0.410 e. The van der Waals surface area contributed by atoms with Gasteiger partial charge in [0.15, 0.2) is 0 Å². The molecule has 1 aliphatic rings. The second kappa shape index (κ2) is 8.94. The normalized spacial score (nSPS) is 17.5. The molecule has 2 heterocycles. The highest BCUT2D eigenvalue weighted by molar-refractivity contribution is 7.09. The molecule has 1 atom stereocenters. The van der Waals surface area contributed by atoms with Crippen LogP contribution in [0.3, 0.4) is 0 Å². The molecule has 0 aliphatic carbocycles. The van der Waals surface area contributed by atoms with Crippen LogP contribution in [0.4, 0.5) is 4.79 Å². The maximum absolute atomic E-state index is 12.2. The molecule has 1 saturated heterocycles. The first-order valence-corrected chi connectivity index (χ1v) is 9.27. The predicted octanol–water partition coefficient (Wildman–Crippen LogP) is 2.58. The van der Waals surface area contributed by atoms with Crippen LogP contribution in [-0.2, 0) is 22.6 Å². The Morgan fingerprint density at radius 2 is 2.28 bits per heavy atom. The quantitative estimate of drug-likeness (QED) is 0.857. The number of aromatic nitrogens is 1. The van der Waals surface area contributed by atoms with Crippen molar-refractivity contribution in [1.29, 1.82) is 0 Å². The predicted molar refractivity (Wildman–Crippen MR) is 96.5 cm³/mol. The molecule has 0 spiro atoms. The molecule has 1 fully saturated rings.